The number of carboxylic acid groups (broad SMARTS) is 1. The zero-order valence-corrected chi connectivity index (χ0v) is 11.8. The summed E-state index contributed by atoms with van der Waals surface area (Å²) in [6.45, 7) is 1.94. The van der Waals surface area contributed by atoms with E-state index in [1.54, 1.807) is 17.0 Å². The third-order valence-corrected chi connectivity index (χ3v) is 3.03. The Labute approximate surface area is 118 Å². The second-order valence-electron chi connectivity index (χ2n) is 3.82. The highest BCUT2D eigenvalue weighted by Crippen LogP contribution is 2.16. The number of carboxylic acids is 1. The molecule has 0 aliphatic rings. The van der Waals surface area contributed by atoms with Gasteiger partial charge in [0.2, 0.25) is 0 Å². The molecule has 0 aliphatic carbocycles. The summed E-state index contributed by atoms with van der Waals surface area (Å²) in [4.78, 5) is 10.5. The third kappa shape index (κ3) is 2.98. The molecule has 0 saturated carbocycles. The second-order valence-corrected chi connectivity index (χ2v) is 5.06. The summed E-state index contributed by atoms with van der Waals surface area (Å²) in [5.74, 6) is -0.944. The van der Waals surface area contributed by atoms with Crippen molar-refractivity contribution in [3.63, 3.8) is 0 Å². The van der Waals surface area contributed by atoms with Crippen LogP contribution in [0.2, 0.25) is 0 Å². The maximum atomic E-state index is 10.5. The van der Waals surface area contributed by atoms with Crippen LogP contribution in [0.3, 0.4) is 0 Å². The van der Waals surface area contributed by atoms with E-state index >= 15 is 0 Å². The van der Waals surface area contributed by atoms with E-state index in [0.29, 0.717) is 0 Å². The van der Waals surface area contributed by atoms with Gasteiger partial charge in [0.15, 0.2) is 0 Å². The minimum Gasteiger partial charge on any atom is -0.478 e. The summed E-state index contributed by atoms with van der Waals surface area (Å²) in [6.07, 6.45) is 6.45. The van der Waals surface area contributed by atoms with Gasteiger partial charge in [0.25, 0.3) is 0 Å². The van der Waals surface area contributed by atoms with Crippen molar-refractivity contribution in [3.05, 3.63) is 51.4 Å². The molecule has 0 atom stereocenters. The van der Waals surface area contributed by atoms with Gasteiger partial charge in [0.1, 0.15) is 0 Å². The Hall–Kier alpha value is -1.63. The minimum absolute atomic E-state index is 0.892. The number of aliphatic carboxylic acids is 1. The molecule has 0 fully saturated rings. The van der Waals surface area contributed by atoms with Gasteiger partial charge in [-0.3, -0.25) is 0 Å². The van der Waals surface area contributed by atoms with E-state index in [4.69, 9.17) is 5.11 Å². The molecule has 2 aromatic rings. The molecule has 2 rings (SSSR count). The topological polar surface area (TPSA) is 55.1 Å². The Kier molecular flexibility index (Phi) is 3.81. The van der Waals surface area contributed by atoms with Crippen molar-refractivity contribution >= 4 is 34.6 Å². The highest BCUT2D eigenvalue weighted by Gasteiger charge is 2.02. The summed E-state index contributed by atoms with van der Waals surface area (Å²) in [6, 6.07) is 5.78. The van der Waals surface area contributed by atoms with Crippen LogP contribution >= 0.6 is 22.6 Å². The predicted octanol–water partition coefficient (Wildman–Crippen LogP) is 2.88. The Morgan fingerprint density at radius 3 is 2.83 bits per heavy atom. The quantitative estimate of drug-likeness (QED) is 0.681. The largest absolute Gasteiger partial charge is 0.478 e. The van der Waals surface area contributed by atoms with Gasteiger partial charge in [0, 0.05) is 12.3 Å². The van der Waals surface area contributed by atoms with Crippen LogP contribution in [0.15, 0.2) is 36.7 Å². The summed E-state index contributed by atoms with van der Waals surface area (Å²) in [7, 11) is 0. The lowest BCUT2D eigenvalue weighted by Gasteiger charge is -2.05. The van der Waals surface area contributed by atoms with E-state index in [0.717, 1.165) is 26.5 Å². The first kappa shape index (κ1) is 12.8. The Balaban J connectivity index is 2.33. The lowest BCUT2D eigenvalue weighted by molar-refractivity contribution is -0.131. The van der Waals surface area contributed by atoms with Crippen molar-refractivity contribution in [3.8, 4) is 5.69 Å². The molecule has 1 N–H and O–H groups in total. The highest BCUT2D eigenvalue weighted by molar-refractivity contribution is 14.1. The van der Waals surface area contributed by atoms with Crippen LogP contribution in [-0.2, 0) is 4.79 Å². The van der Waals surface area contributed by atoms with Crippen LogP contribution in [0, 0.1) is 10.5 Å². The van der Waals surface area contributed by atoms with Crippen LogP contribution in [0.4, 0.5) is 0 Å². The van der Waals surface area contributed by atoms with Gasteiger partial charge in [-0.05, 0) is 58.9 Å². The summed E-state index contributed by atoms with van der Waals surface area (Å²) >= 11 is 2.20. The fraction of sp³-hybridized carbons (Fsp3) is 0.0769. The molecule has 4 nitrogen and oxygen atoms in total. The van der Waals surface area contributed by atoms with E-state index < -0.39 is 5.97 Å². The molecule has 0 spiro atoms. The number of hydrogen-bond donors (Lipinski definition) is 1. The predicted molar refractivity (Wildman–Crippen MR) is 77.7 cm³/mol. The fourth-order valence-electron chi connectivity index (χ4n) is 1.59. The number of hydrogen-bond acceptors (Lipinski definition) is 2. The molecule has 0 unspecified atom stereocenters. The first-order valence-electron chi connectivity index (χ1n) is 5.28. The zero-order valence-electron chi connectivity index (χ0n) is 9.67. The van der Waals surface area contributed by atoms with Gasteiger partial charge in [-0.1, -0.05) is 6.07 Å². The van der Waals surface area contributed by atoms with Gasteiger partial charge in [0.05, 0.1) is 15.5 Å². The maximum Gasteiger partial charge on any atom is 0.328 e. The molecule has 0 bridgehead atoms. The molecule has 1 heterocycles. The number of halogens is 1. The average Bonchev–Trinajstić information content (AvgIpc) is 2.74. The Morgan fingerprint density at radius 1 is 1.50 bits per heavy atom. The Bertz CT molecular complexity index is 617. The van der Waals surface area contributed by atoms with Gasteiger partial charge in [-0.15, -0.1) is 0 Å². The van der Waals surface area contributed by atoms with Gasteiger partial charge < -0.3 is 5.11 Å². The van der Waals surface area contributed by atoms with Crippen molar-refractivity contribution in [2.75, 3.05) is 0 Å². The second kappa shape index (κ2) is 5.34. The number of aryl methyl sites for hydroxylation is 1. The van der Waals surface area contributed by atoms with Crippen molar-refractivity contribution in [1.29, 1.82) is 0 Å². The SMILES string of the molecule is Cc1cc(-n2cc(I)cn2)ccc1C=CC(=O)O. The van der Waals surface area contributed by atoms with Crippen LogP contribution in [0.5, 0.6) is 0 Å². The maximum absolute atomic E-state index is 10.5. The van der Waals surface area contributed by atoms with Crippen LogP contribution in [-0.4, -0.2) is 20.9 Å². The van der Waals surface area contributed by atoms with Gasteiger partial charge in [-0.2, -0.15) is 5.10 Å². The molecule has 0 saturated heterocycles. The summed E-state index contributed by atoms with van der Waals surface area (Å²) in [5, 5.41) is 12.8. The number of aromatic nitrogens is 2. The van der Waals surface area contributed by atoms with E-state index in [1.165, 1.54) is 0 Å². The molecular formula is C13H11IN2O2. The number of benzene rings is 1. The summed E-state index contributed by atoms with van der Waals surface area (Å²) in [5.41, 5.74) is 2.86. The van der Waals surface area contributed by atoms with E-state index in [1.807, 2.05) is 31.3 Å². The van der Waals surface area contributed by atoms with Gasteiger partial charge in [-0.25, -0.2) is 9.48 Å². The van der Waals surface area contributed by atoms with Crippen molar-refractivity contribution < 1.29 is 9.90 Å². The zero-order chi connectivity index (χ0) is 13.1. The molecule has 5 heteroatoms. The van der Waals surface area contributed by atoms with Crippen LogP contribution in [0.1, 0.15) is 11.1 Å². The van der Waals surface area contributed by atoms with Crippen molar-refractivity contribution in [2.24, 2.45) is 0 Å². The number of rotatable bonds is 3. The first-order valence-corrected chi connectivity index (χ1v) is 6.36. The minimum atomic E-state index is -0.944. The Morgan fingerprint density at radius 2 is 2.28 bits per heavy atom. The molecule has 0 aliphatic heterocycles. The molecule has 0 amide bonds. The lowest BCUT2D eigenvalue weighted by atomic mass is 10.1. The normalized spacial score (nSPS) is 11.0. The molecule has 0 radical (unpaired) electrons. The number of nitrogens with zero attached hydrogens (tertiary/aromatic N) is 2. The van der Waals surface area contributed by atoms with Crippen LogP contribution < -0.4 is 0 Å². The van der Waals surface area contributed by atoms with E-state index in [-0.39, 0.29) is 0 Å². The van der Waals surface area contributed by atoms with E-state index in [2.05, 4.69) is 27.7 Å². The average molecular weight is 354 g/mol. The standard InChI is InChI=1S/C13H11IN2O2/c1-9-6-12(16-8-11(14)7-15-16)4-2-10(9)3-5-13(17)18/h2-8H,1H3,(H,17,18). The van der Waals surface area contributed by atoms with Crippen LogP contribution in [0.25, 0.3) is 11.8 Å². The highest BCUT2D eigenvalue weighted by atomic mass is 127. The smallest absolute Gasteiger partial charge is 0.328 e. The lowest BCUT2D eigenvalue weighted by Crippen LogP contribution is -1.95. The molecule has 1 aromatic carbocycles. The van der Waals surface area contributed by atoms with Crippen molar-refractivity contribution in [2.45, 2.75) is 6.92 Å². The fourth-order valence-corrected chi connectivity index (χ4v) is 1.98. The van der Waals surface area contributed by atoms with Gasteiger partial charge >= 0.3 is 5.97 Å². The number of carbonyl (C=O) groups is 1. The molecular weight excluding hydrogens is 343 g/mol. The van der Waals surface area contributed by atoms with Crippen molar-refractivity contribution in [1.82, 2.24) is 9.78 Å². The third-order valence-electron chi connectivity index (χ3n) is 2.47. The molecule has 92 valence electrons. The molecule has 1 aromatic heterocycles. The molecule has 18 heavy (non-hydrogen) atoms. The monoisotopic (exact) mass is 354 g/mol. The first-order chi connectivity index (χ1) is 8.56. The summed E-state index contributed by atoms with van der Waals surface area (Å²) < 4.78 is 2.86. The van der Waals surface area contributed by atoms with E-state index in [9.17, 15) is 4.79 Å².